The van der Waals surface area contributed by atoms with E-state index in [1.807, 2.05) is 13.8 Å². The van der Waals surface area contributed by atoms with Crippen LogP contribution in [0.15, 0.2) is 18.2 Å². The van der Waals surface area contributed by atoms with Crippen molar-refractivity contribution in [2.75, 3.05) is 25.2 Å². The van der Waals surface area contributed by atoms with E-state index in [0.29, 0.717) is 17.7 Å². The van der Waals surface area contributed by atoms with Crippen molar-refractivity contribution >= 4 is 9.84 Å². The van der Waals surface area contributed by atoms with Gasteiger partial charge in [0.05, 0.1) is 11.5 Å². The van der Waals surface area contributed by atoms with E-state index >= 15 is 0 Å². The van der Waals surface area contributed by atoms with Crippen molar-refractivity contribution in [3.63, 3.8) is 0 Å². The van der Waals surface area contributed by atoms with Crippen LogP contribution in [0, 0.1) is 5.82 Å². The Morgan fingerprint density at radius 2 is 2.05 bits per heavy atom. The van der Waals surface area contributed by atoms with Crippen LogP contribution in [0.2, 0.25) is 0 Å². The summed E-state index contributed by atoms with van der Waals surface area (Å²) in [6.45, 7) is 3.72. The molecule has 1 aromatic carbocycles. The average Bonchev–Trinajstić information content (AvgIpc) is 2.37. The fourth-order valence-electron chi connectivity index (χ4n) is 1.80. The summed E-state index contributed by atoms with van der Waals surface area (Å²) in [5, 5.41) is 2.96. The Bertz CT molecular complexity index is 531. The van der Waals surface area contributed by atoms with E-state index in [-0.39, 0.29) is 30.0 Å². The van der Waals surface area contributed by atoms with E-state index in [9.17, 15) is 12.8 Å². The topological polar surface area (TPSA) is 55.4 Å². The van der Waals surface area contributed by atoms with Crippen molar-refractivity contribution in [2.24, 2.45) is 0 Å². The third-order valence-electron chi connectivity index (χ3n) is 3.05. The molecular weight excluding hydrogens is 281 g/mol. The summed E-state index contributed by atoms with van der Waals surface area (Å²) in [4.78, 5) is 0. The van der Waals surface area contributed by atoms with Crippen molar-refractivity contribution in [1.29, 1.82) is 0 Å². The van der Waals surface area contributed by atoms with Crippen LogP contribution >= 0.6 is 0 Å². The Hall–Kier alpha value is -1.14. The number of hydrogen-bond acceptors (Lipinski definition) is 4. The van der Waals surface area contributed by atoms with Crippen LogP contribution in [0.25, 0.3) is 0 Å². The second-order valence-corrected chi connectivity index (χ2v) is 7.00. The number of halogens is 1. The molecule has 1 atom stereocenters. The Morgan fingerprint density at radius 1 is 1.35 bits per heavy atom. The molecule has 0 fully saturated rings. The van der Waals surface area contributed by atoms with Gasteiger partial charge < -0.3 is 10.1 Å². The molecule has 0 bridgehead atoms. The van der Waals surface area contributed by atoms with Crippen molar-refractivity contribution < 1.29 is 17.5 Å². The minimum atomic E-state index is -3.07. The zero-order valence-corrected chi connectivity index (χ0v) is 13.0. The molecule has 20 heavy (non-hydrogen) atoms. The van der Waals surface area contributed by atoms with Gasteiger partial charge in [-0.2, -0.15) is 0 Å². The summed E-state index contributed by atoms with van der Waals surface area (Å²) in [6, 6.07) is 4.50. The summed E-state index contributed by atoms with van der Waals surface area (Å²) < 4.78 is 42.1. The van der Waals surface area contributed by atoms with Crippen LogP contribution in [0.1, 0.15) is 31.9 Å². The molecule has 0 aliphatic carbocycles. The predicted octanol–water partition coefficient (Wildman–Crippen LogP) is 2.31. The molecule has 0 aliphatic heterocycles. The minimum absolute atomic E-state index is 0.0443. The molecule has 0 amide bonds. The Morgan fingerprint density at radius 3 is 2.60 bits per heavy atom. The molecule has 1 unspecified atom stereocenters. The maximum absolute atomic E-state index is 13.8. The molecule has 0 aliphatic rings. The Kier molecular flexibility index (Phi) is 6.42. The summed E-state index contributed by atoms with van der Waals surface area (Å²) in [5.41, 5.74) is 0.554. The number of sulfone groups is 1. The normalized spacial score (nSPS) is 13.2. The van der Waals surface area contributed by atoms with E-state index < -0.39 is 9.84 Å². The van der Waals surface area contributed by atoms with Gasteiger partial charge in [-0.15, -0.1) is 0 Å². The van der Waals surface area contributed by atoms with Gasteiger partial charge in [-0.3, -0.25) is 0 Å². The minimum Gasteiger partial charge on any atom is -0.492 e. The van der Waals surface area contributed by atoms with Crippen LogP contribution in [-0.2, 0) is 9.84 Å². The molecule has 1 rings (SSSR count). The highest BCUT2D eigenvalue weighted by Crippen LogP contribution is 2.21. The molecule has 0 saturated heterocycles. The molecule has 1 aromatic rings. The van der Waals surface area contributed by atoms with Crippen molar-refractivity contribution in [3.8, 4) is 5.75 Å². The molecule has 0 radical (unpaired) electrons. The lowest BCUT2D eigenvalue weighted by molar-refractivity contribution is 0.338. The SMILES string of the molecule is CCCS(=O)(=O)CCOc1ccc(C(C)NC)c(F)c1. The van der Waals surface area contributed by atoms with E-state index in [2.05, 4.69) is 5.32 Å². The van der Waals surface area contributed by atoms with E-state index in [1.165, 1.54) is 6.07 Å². The average molecular weight is 303 g/mol. The van der Waals surface area contributed by atoms with E-state index in [0.717, 1.165) is 0 Å². The molecule has 0 spiro atoms. The summed E-state index contributed by atoms with van der Waals surface area (Å²) in [7, 11) is -1.31. The summed E-state index contributed by atoms with van der Waals surface area (Å²) >= 11 is 0. The zero-order valence-electron chi connectivity index (χ0n) is 12.1. The predicted molar refractivity (Wildman–Crippen MR) is 78.3 cm³/mol. The Labute approximate surface area is 120 Å². The van der Waals surface area contributed by atoms with E-state index in [1.54, 1.807) is 19.2 Å². The fourth-order valence-corrected chi connectivity index (χ4v) is 2.97. The van der Waals surface area contributed by atoms with Gasteiger partial charge >= 0.3 is 0 Å². The number of benzene rings is 1. The lowest BCUT2D eigenvalue weighted by Gasteiger charge is -2.13. The van der Waals surface area contributed by atoms with Gasteiger partial charge in [-0.25, -0.2) is 12.8 Å². The van der Waals surface area contributed by atoms with Gasteiger partial charge in [0, 0.05) is 17.7 Å². The first-order chi connectivity index (χ1) is 9.39. The second-order valence-electron chi connectivity index (χ2n) is 4.69. The lowest BCUT2D eigenvalue weighted by atomic mass is 10.1. The van der Waals surface area contributed by atoms with Crippen LogP contribution in [0.3, 0.4) is 0 Å². The van der Waals surface area contributed by atoms with Gasteiger partial charge in [0.15, 0.2) is 9.84 Å². The largest absolute Gasteiger partial charge is 0.492 e. The van der Waals surface area contributed by atoms with Crippen LogP contribution in [-0.4, -0.2) is 33.6 Å². The van der Waals surface area contributed by atoms with Gasteiger partial charge in [0.2, 0.25) is 0 Å². The van der Waals surface area contributed by atoms with Gasteiger partial charge in [-0.05, 0) is 26.5 Å². The van der Waals surface area contributed by atoms with E-state index in [4.69, 9.17) is 4.74 Å². The highest BCUT2D eigenvalue weighted by Gasteiger charge is 2.12. The van der Waals surface area contributed by atoms with Crippen LogP contribution in [0.4, 0.5) is 4.39 Å². The molecule has 4 nitrogen and oxygen atoms in total. The molecular formula is C14H22FNO3S. The number of hydrogen-bond donors (Lipinski definition) is 1. The first-order valence-electron chi connectivity index (χ1n) is 6.69. The zero-order chi connectivity index (χ0) is 15.2. The molecule has 6 heteroatoms. The lowest BCUT2D eigenvalue weighted by Crippen LogP contribution is -2.17. The van der Waals surface area contributed by atoms with Gasteiger partial charge in [-0.1, -0.05) is 13.0 Å². The van der Waals surface area contributed by atoms with Crippen LogP contribution in [0.5, 0.6) is 5.75 Å². The molecule has 1 N–H and O–H groups in total. The second kappa shape index (κ2) is 7.59. The molecule has 0 heterocycles. The Balaban J connectivity index is 2.60. The number of ether oxygens (including phenoxy) is 1. The van der Waals surface area contributed by atoms with Gasteiger partial charge in [0.1, 0.15) is 18.2 Å². The molecule has 0 saturated carbocycles. The van der Waals surface area contributed by atoms with Crippen LogP contribution < -0.4 is 10.1 Å². The third kappa shape index (κ3) is 5.09. The number of rotatable bonds is 8. The fraction of sp³-hybridized carbons (Fsp3) is 0.571. The third-order valence-corrected chi connectivity index (χ3v) is 4.87. The first kappa shape index (κ1) is 16.9. The van der Waals surface area contributed by atoms with Crippen molar-refractivity contribution in [2.45, 2.75) is 26.3 Å². The highest BCUT2D eigenvalue weighted by molar-refractivity contribution is 7.91. The maximum atomic E-state index is 13.8. The maximum Gasteiger partial charge on any atom is 0.153 e. The first-order valence-corrected chi connectivity index (χ1v) is 8.51. The summed E-state index contributed by atoms with van der Waals surface area (Å²) in [6.07, 6.45) is 0.591. The van der Waals surface area contributed by atoms with Gasteiger partial charge in [0.25, 0.3) is 0 Å². The molecule has 0 aromatic heterocycles. The quantitative estimate of drug-likeness (QED) is 0.800. The summed E-state index contributed by atoms with van der Waals surface area (Å²) in [5.74, 6) is 0.0996. The molecule has 114 valence electrons. The smallest absolute Gasteiger partial charge is 0.153 e. The number of nitrogens with one attached hydrogen (secondary N) is 1. The van der Waals surface area contributed by atoms with Crippen molar-refractivity contribution in [3.05, 3.63) is 29.6 Å². The monoisotopic (exact) mass is 303 g/mol. The highest BCUT2D eigenvalue weighted by atomic mass is 32.2. The standard InChI is InChI=1S/C14H22FNO3S/c1-4-8-20(17,18)9-7-19-12-5-6-13(11(2)16-3)14(15)10-12/h5-6,10-11,16H,4,7-9H2,1-3H3. The van der Waals surface area contributed by atoms with Crippen molar-refractivity contribution in [1.82, 2.24) is 5.32 Å².